The summed E-state index contributed by atoms with van der Waals surface area (Å²) in [6.07, 6.45) is 4.15. The van der Waals surface area contributed by atoms with E-state index < -0.39 is 0 Å². The lowest BCUT2D eigenvalue weighted by Crippen LogP contribution is -2.46. The molecule has 0 radical (unpaired) electrons. The van der Waals surface area contributed by atoms with Crippen molar-refractivity contribution in [3.05, 3.63) is 47.8 Å². The Labute approximate surface area is 124 Å². The quantitative estimate of drug-likeness (QED) is 0.920. The number of hydrogen-bond donors (Lipinski definition) is 1. The summed E-state index contributed by atoms with van der Waals surface area (Å²) in [7, 11) is 1.72. The fraction of sp³-hybridized carbons (Fsp3) is 0.412. The van der Waals surface area contributed by atoms with Gasteiger partial charge < -0.3 is 19.4 Å². The largest absolute Gasteiger partial charge is 0.479 e. The SMILES string of the molecule is COCc1ccc2c(c1)OC1(CCNCC1)c1cccn1-2. The van der Waals surface area contributed by atoms with Gasteiger partial charge in [0, 0.05) is 26.1 Å². The van der Waals surface area contributed by atoms with E-state index in [2.05, 4.69) is 46.4 Å². The molecule has 1 fully saturated rings. The summed E-state index contributed by atoms with van der Waals surface area (Å²) in [5, 5.41) is 3.43. The standard InChI is InChI=1S/C17H20N2O2/c1-20-12-13-4-5-14-15(11-13)21-17(6-8-18-9-7-17)16-3-2-10-19(14)16/h2-5,10-11,18H,6-9,12H2,1H3. The summed E-state index contributed by atoms with van der Waals surface area (Å²) in [6, 6.07) is 10.7. The number of nitrogens with one attached hydrogen (secondary N) is 1. The van der Waals surface area contributed by atoms with Crippen LogP contribution in [0.3, 0.4) is 0 Å². The van der Waals surface area contributed by atoms with Crippen LogP contribution in [-0.4, -0.2) is 24.8 Å². The van der Waals surface area contributed by atoms with E-state index in [4.69, 9.17) is 9.47 Å². The van der Waals surface area contributed by atoms with Gasteiger partial charge in [-0.15, -0.1) is 0 Å². The summed E-state index contributed by atoms with van der Waals surface area (Å²) in [4.78, 5) is 0. The van der Waals surface area contributed by atoms with E-state index in [0.717, 1.165) is 42.9 Å². The highest BCUT2D eigenvalue weighted by atomic mass is 16.5. The first-order valence-corrected chi connectivity index (χ1v) is 7.52. The Kier molecular flexibility index (Phi) is 3.01. The van der Waals surface area contributed by atoms with Gasteiger partial charge in [0.2, 0.25) is 0 Å². The van der Waals surface area contributed by atoms with Crippen LogP contribution in [0, 0.1) is 0 Å². The van der Waals surface area contributed by atoms with Crippen LogP contribution in [0.4, 0.5) is 0 Å². The molecule has 2 aliphatic heterocycles. The first kappa shape index (κ1) is 12.9. The number of methoxy groups -OCH3 is 1. The molecule has 0 atom stereocenters. The predicted octanol–water partition coefficient (Wildman–Crippen LogP) is 2.59. The number of ether oxygens (including phenoxy) is 2. The Hall–Kier alpha value is -1.78. The third-order valence-electron chi connectivity index (χ3n) is 4.53. The van der Waals surface area contributed by atoms with Gasteiger partial charge in [0.25, 0.3) is 0 Å². The Morgan fingerprint density at radius 3 is 2.95 bits per heavy atom. The number of piperidine rings is 1. The number of aromatic nitrogens is 1. The van der Waals surface area contributed by atoms with E-state index in [0.29, 0.717) is 6.61 Å². The number of nitrogens with zero attached hydrogens (tertiary/aromatic N) is 1. The molecule has 0 unspecified atom stereocenters. The maximum Gasteiger partial charge on any atom is 0.152 e. The minimum atomic E-state index is -0.187. The van der Waals surface area contributed by atoms with E-state index in [-0.39, 0.29) is 5.60 Å². The van der Waals surface area contributed by atoms with E-state index in [1.54, 1.807) is 7.11 Å². The van der Waals surface area contributed by atoms with Crippen molar-refractivity contribution in [3.8, 4) is 11.4 Å². The molecular weight excluding hydrogens is 264 g/mol. The van der Waals surface area contributed by atoms with Crippen molar-refractivity contribution in [3.63, 3.8) is 0 Å². The van der Waals surface area contributed by atoms with Gasteiger partial charge >= 0.3 is 0 Å². The van der Waals surface area contributed by atoms with Gasteiger partial charge in [0.05, 0.1) is 18.0 Å². The van der Waals surface area contributed by atoms with Gasteiger partial charge in [-0.25, -0.2) is 0 Å². The molecule has 0 amide bonds. The van der Waals surface area contributed by atoms with E-state index in [9.17, 15) is 0 Å². The highest BCUT2D eigenvalue weighted by Crippen LogP contribution is 2.44. The van der Waals surface area contributed by atoms with Crippen molar-refractivity contribution in [2.75, 3.05) is 20.2 Å². The van der Waals surface area contributed by atoms with Crippen molar-refractivity contribution in [1.82, 2.24) is 9.88 Å². The van der Waals surface area contributed by atoms with Crippen molar-refractivity contribution in [2.45, 2.75) is 25.0 Å². The molecule has 0 saturated carbocycles. The highest BCUT2D eigenvalue weighted by molar-refractivity contribution is 5.53. The van der Waals surface area contributed by atoms with Crippen molar-refractivity contribution >= 4 is 0 Å². The van der Waals surface area contributed by atoms with E-state index in [1.807, 2.05) is 0 Å². The molecule has 4 heteroatoms. The lowest BCUT2D eigenvalue weighted by molar-refractivity contribution is 0.0200. The van der Waals surface area contributed by atoms with Crippen molar-refractivity contribution in [1.29, 1.82) is 0 Å². The van der Waals surface area contributed by atoms with E-state index >= 15 is 0 Å². The fourth-order valence-corrected chi connectivity index (χ4v) is 3.51. The van der Waals surface area contributed by atoms with Gasteiger partial charge in [-0.3, -0.25) is 0 Å². The Bertz CT molecular complexity index is 657. The van der Waals surface area contributed by atoms with Crippen LogP contribution in [-0.2, 0) is 16.9 Å². The monoisotopic (exact) mass is 284 g/mol. The van der Waals surface area contributed by atoms with Crippen LogP contribution in [0.5, 0.6) is 5.75 Å². The molecule has 21 heavy (non-hydrogen) atoms. The molecule has 0 aliphatic carbocycles. The topological polar surface area (TPSA) is 35.4 Å². The molecular formula is C17H20N2O2. The summed E-state index contributed by atoms with van der Waals surface area (Å²) in [5.41, 5.74) is 3.36. The fourth-order valence-electron chi connectivity index (χ4n) is 3.51. The van der Waals surface area contributed by atoms with Crippen LogP contribution in [0.2, 0.25) is 0 Å². The van der Waals surface area contributed by atoms with Gasteiger partial charge in [-0.05, 0) is 42.9 Å². The molecule has 1 N–H and O–H groups in total. The van der Waals surface area contributed by atoms with Gasteiger partial charge in [-0.2, -0.15) is 0 Å². The lowest BCUT2D eigenvalue weighted by Gasteiger charge is -2.42. The van der Waals surface area contributed by atoms with Crippen molar-refractivity contribution < 1.29 is 9.47 Å². The molecule has 1 aromatic carbocycles. The second kappa shape index (κ2) is 4.90. The first-order valence-electron chi connectivity index (χ1n) is 7.52. The molecule has 3 heterocycles. The summed E-state index contributed by atoms with van der Waals surface area (Å²) >= 11 is 0. The molecule has 2 aliphatic rings. The lowest BCUT2D eigenvalue weighted by atomic mass is 9.87. The molecule has 4 nitrogen and oxygen atoms in total. The Morgan fingerprint density at radius 1 is 1.29 bits per heavy atom. The summed E-state index contributed by atoms with van der Waals surface area (Å²) < 4.78 is 14.0. The third-order valence-corrected chi connectivity index (χ3v) is 4.53. The van der Waals surface area contributed by atoms with E-state index in [1.165, 1.54) is 5.69 Å². The molecule has 2 aromatic rings. The normalized spacial score (nSPS) is 18.9. The maximum absolute atomic E-state index is 6.52. The molecule has 1 saturated heterocycles. The number of fused-ring (bicyclic) bond motifs is 4. The highest BCUT2D eigenvalue weighted by Gasteiger charge is 2.42. The average molecular weight is 284 g/mol. The zero-order valence-corrected chi connectivity index (χ0v) is 12.3. The zero-order chi connectivity index (χ0) is 14.3. The van der Waals surface area contributed by atoms with Crippen LogP contribution in [0.15, 0.2) is 36.5 Å². The van der Waals surface area contributed by atoms with Gasteiger partial charge in [0.1, 0.15) is 5.75 Å². The minimum absolute atomic E-state index is 0.187. The molecule has 110 valence electrons. The summed E-state index contributed by atoms with van der Waals surface area (Å²) in [6.45, 7) is 2.61. The second-order valence-corrected chi connectivity index (χ2v) is 5.84. The maximum atomic E-state index is 6.52. The minimum Gasteiger partial charge on any atom is -0.479 e. The van der Waals surface area contributed by atoms with Crippen LogP contribution >= 0.6 is 0 Å². The van der Waals surface area contributed by atoms with Gasteiger partial charge in [-0.1, -0.05) is 6.07 Å². The number of benzene rings is 1. The van der Waals surface area contributed by atoms with Crippen LogP contribution in [0.1, 0.15) is 24.1 Å². The van der Waals surface area contributed by atoms with Crippen molar-refractivity contribution in [2.24, 2.45) is 0 Å². The smallest absolute Gasteiger partial charge is 0.152 e. The predicted molar refractivity (Wildman–Crippen MR) is 80.9 cm³/mol. The van der Waals surface area contributed by atoms with Crippen LogP contribution in [0.25, 0.3) is 5.69 Å². The Balaban J connectivity index is 1.83. The van der Waals surface area contributed by atoms with Gasteiger partial charge in [0.15, 0.2) is 5.60 Å². The number of hydrogen-bond acceptors (Lipinski definition) is 3. The van der Waals surface area contributed by atoms with Crippen LogP contribution < -0.4 is 10.1 Å². The second-order valence-electron chi connectivity index (χ2n) is 5.84. The first-order chi connectivity index (χ1) is 10.3. The molecule has 1 spiro atoms. The molecule has 0 bridgehead atoms. The average Bonchev–Trinajstić information content (AvgIpc) is 2.99. The Morgan fingerprint density at radius 2 is 2.14 bits per heavy atom. The molecule has 1 aromatic heterocycles. The zero-order valence-electron chi connectivity index (χ0n) is 12.3. The number of rotatable bonds is 2. The summed E-state index contributed by atoms with van der Waals surface area (Å²) in [5.74, 6) is 0.968. The third kappa shape index (κ3) is 1.98. The molecule has 4 rings (SSSR count).